The molecular formula is C14H41N3O26P8. The number of hydrogen-bond donors (Lipinski definition) is 18. The standard InChI is InChI=1S/C14H41N3O26P8/c15-5-8-43-14(9-18,3-1-6-16(10(44(19,20)21)45(22,23)24)11(46(25,26)27)47(28,29)30)4-2-7-17(12(48(31,32)33)49(34,35)36)13(50(37,38)39)51(40,41)42/h10-13,18H,1-9,15H2,(H2,19,20,21)(H2,22,23,24)(H2,25,26,27)(H2,28,29,30)(H2,31,32,33)(H2,34,35,36)(H2,37,38,39)(H2,40,41,42). The summed E-state index contributed by atoms with van der Waals surface area (Å²) < 4.78 is 102. The van der Waals surface area contributed by atoms with Crippen molar-refractivity contribution in [2.45, 2.75) is 53.4 Å². The van der Waals surface area contributed by atoms with Gasteiger partial charge in [0.25, 0.3) is 0 Å². The van der Waals surface area contributed by atoms with Crippen LogP contribution in [0.5, 0.6) is 0 Å². The van der Waals surface area contributed by atoms with E-state index in [4.69, 9.17) is 10.5 Å². The first-order valence-corrected chi connectivity index (χ1v) is 26.6. The zero-order chi connectivity index (χ0) is 41.0. The third kappa shape index (κ3) is 16.2. The average Bonchev–Trinajstić information content (AvgIpc) is 2.79. The highest BCUT2D eigenvalue weighted by Crippen LogP contribution is 2.70. The number of aliphatic hydroxyl groups is 1. The third-order valence-electron chi connectivity index (χ3n) is 6.50. The topological polar surface area (TPSA) is 522 Å². The van der Waals surface area contributed by atoms with Crippen LogP contribution in [0.2, 0.25) is 0 Å². The molecule has 0 radical (unpaired) electrons. The predicted octanol–water partition coefficient (Wildman–Crippen LogP) is -3.59. The van der Waals surface area contributed by atoms with Gasteiger partial charge in [-0.1, -0.05) is 0 Å². The van der Waals surface area contributed by atoms with Crippen molar-refractivity contribution in [1.82, 2.24) is 9.80 Å². The van der Waals surface area contributed by atoms with Crippen molar-refractivity contribution >= 4 is 60.8 Å². The molecule has 0 heterocycles. The summed E-state index contributed by atoms with van der Waals surface area (Å²) in [4.78, 5) is 153. The second kappa shape index (κ2) is 18.5. The lowest BCUT2D eigenvalue weighted by molar-refractivity contribution is -0.0909. The van der Waals surface area contributed by atoms with Gasteiger partial charge in [-0.2, -0.15) is 0 Å². The molecule has 0 aliphatic heterocycles. The van der Waals surface area contributed by atoms with E-state index in [0.717, 1.165) is 0 Å². The van der Waals surface area contributed by atoms with Gasteiger partial charge in [-0.15, -0.1) is 0 Å². The fraction of sp³-hybridized carbons (Fsp3) is 1.00. The Hall–Kier alpha value is 1.000. The van der Waals surface area contributed by atoms with Crippen LogP contribution >= 0.6 is 60.8 Å². The molecule has 308 valence electrons. The Morgan fingerprint density at radius 2 is 0.686 bits per heavy atom. The summed E-state index contributed by atoms with van der Waals surface area (Å²) in [7, 11) is -49.9. The smallest absolute Gasteiger partial charge is 0.355 e. The highest BCUT2D eigenvalue weighted by molar-refractivity contribution is 7.73. The van der Waals surface area contributed by atoms with Crippen molar-refractivity contribution in [3.05, 3.63) is 0 Å². The first-order chi connectivity index (χ1) is 22.3. The summed E-state index contributed by atoms with van der Waals surface area (Å²) in [5.74, 6) is 0. The molecule has 0 fully saturated rings. The molecule has 29 nitrogen and oxygen atoms in total. The van der Waals surface area contributed by atoms with E-state index in [9.17, 15) is 120 Å². The quantitative estimate of drug-likeness (QED) is 0.0416. The van der Waals surface area contributed by atoms with Crippen molar-refractivity contribution in [2.75, 3.05) is 32.8 Å². The number of nitrogens with zero attached hydrogens (tertiary/aromatic N) is 2. The molecule has 0 rings (SSSR count). The van der Waals surface area contributed by atoms with Crippen LogP contribution < -0.4 is 5.73 Å². The molecule has 0 amide bonds. The van der Waals surface area contributed by atoms with Crippen molar-refractivity contribution in [3.8, 4) is 0 Å². The van der Waals surface area contributed by atoms with E-state index in [1.54, 1.807) is 0 Å². The summed E-state index contributed by atoms with van der Waals surface area (Å²) in [6.45, 7) is -4.95. The molecule has 0 aromatic rings. The minimum atomic E-state index is -6.24. The molecule has 0 unspecified atom stereocenters. The van der Waals surface area contributed by atoms with Gasteiger partial charge < -0.3 is 93.9 Å². The summed E-state index contributed by atoms with van der Waals surface area (Å²) in [5.41, 5.74) is -11.1. The normalized spacial score (nSPS) is 15.4. The highest BCUT2D eigenvalue weighted by atomic mass is 31.3. The molecule has 51 heavy (non-hydrogen) atoms. The van der Waals surface area contributed by atoms with E-state index >= 15 is 0 Å². The first kappa shape index (κ1) is 52.0. The maximum atomic E-state index is 12.1. The fourth-order valence-electron chi connectivity index (χ4n) is 4.95. The summed E-state index contributed by atoms with van der Waals surface area (Å²) in [6.07, 6.45) is -3.46. The monoisotopic (exact) mass is 915 g/mol. The number of rotatable bonds is 24. The molecular weight excluding hydrogens is 874 g/mol. The van der Waals surface area contributed by atoms with E-state index in [0.29, 0.717) is 0 Å². The van der Waals surface area contributed by atoms with Crippen LogP contribution in [-0.4, -0.2) is 154 Å². The van der Waals surface area contributed by atoms with Crippen LogP contribution in [0.3, 0.4) is 0 Å². The maximum absolute atomic E-state index is 12.1. The van der Waals surface area contributed by atoms with Crippen LogP contribution in [0.15, 0.2) is 0 Å². The van der Waals surface area contributed by atoms with Crippen LogP contribution in [0.1, 0.15) is 25.7 Å². The Balaban J connectivity index is 7.05. The van der Waals surface area contributed by atoms with Gasteiger partial charge in [0.05, 0.1) is 18.8 Å². The molecule has 0 atom stereocenters. The van der Waals surface area contributed by atoms with Crippen LogP contribution in [0, 0.1) is 0 Å². The molecule has 0 aromatic heterocycles. The Morgan fingerprint density at radius 3 is 0.843 bits per heavy atom. The first-order valence-electron chi connectivity index (χ1n) is 13.2. The second-order valence-corrected chi connectivity index (χ2v) is 25.7. The van der Waals surface area contributed by atoms with Crippen LogP contribution in [0.25, 0.3) is 0 Å². The van der Waals surface area contributed by atoms with E-state index < -0.39 is 150 Å². The summed E-state index contributed by atoms with van der Waals surface area (Å²) >= 11 is 0. The lowest BCUT2D eigenvalue weighted by Gasteiger charge is -2.40. The lowest BCUT2D eigenvalue weighted by Crippen LogP contribution is -2.46. The Bertz CT molecular complexity index is 1250. The van der Waals surface area contributed by atoms with Crippen molar-refractivity contribution in [3.63, 3.8) is 0 Å². The lowest BCUT2D eigenvalue weighted by atomic mass is 9.92. The number of nitrogens with two attached hydrogens (primary N) is 1. The molecule has 0 saturated carbocycles. The zero-order valence-corrected chi connectivity index (χ0v) is 32.7. The van der Waals surface area contributed by atoms with Crippen LogP contribution in [-0.2, 0) is 41.3 Å². The molecule has 19 N–H and O–H groups in total. The molecule has 0 bridgehead atoms. The second-order valence-electron chi connectivity index (χ2n) is 10.8. The average molecular weight is 915 g/mol. The molecule has 0 aliphatic carbocycles. The maximum Gasteiger partial charge on any atom is 0.355 e. The SMILES string of the molecule is NCCOC(CO)(CCCN(C(P(=O)(O)O)P(=O)(O)O)C(P(=O)(O)O)P(=O)(O)O)CCCN(C(P(=O)(O)O)P(=O)(O)O)C(P(=O)(O)O)P(=O)(O)O. The number of ether oxygens (including phenoxy) is 1. The van der Waals surface area contributed by atoms with Gasteiger partial charge >= 0.3 is 60.8 Å². The van der Waals surface area contributed by atoms with Gasteiger partial charge in [-0.25, -0.2) is 0 Å². The Morgan fingerprint density at radius 1 is 0.471 bits per heavy atom. The Kier molecular flexibility index (Phi) is 18.9. The molecule has 37 heteroatoms. The van der Waals surface area contributed by atoms with Gasteiger partial charge in [0, 0.05) is 19.6 Å². The molecule has 0 spiro atoms. The van der Waals surface area contributed by atoms with Crippen molar-refractivity contribution in [2.24, 2.45) is 5.73 Å². The van der Waals surface area contributed by atoms with Gasteiger partial charge in [0.2, 0.25) is 22.1 Å². The van der Waals surface area contributed by atoms with Crippen molar-refractivity contribution in [1.29, 1.82) is 0 Å². The third-order valence-corrected chi connectivity index (χ3v) is 20.9. The molecule has 0 aromatic carbocycles. The Labute approximate surface area is 287 Å². The highest BCUT2D eigenvalue weighted by Gasteiger charge is 2.59. The van der Waals surface area contributed by atoms with E-state index in [-0.39, 0.29) is 6.54 Å². The predicted molar refractivity (Wildman–Crippen MR) is 168 cm³/mol. The molecule has 0 saturated heterocycles. The van der Waals surface area contributed by atoms with Gasteiger partial charge in [-0.05, 0) is 25.7 Å². The van der Waals surface area contributed by atoms with Gasteiger partial charge in [0.15, 0.2) is 0 Å². The minimum absolute atomic E-state index is 0.367. The number of hydrogen-bond acceptors (Lipinski definition) is 13. The minimum Gasteiger partial charge on any atom is -0.393 e. The zero-order valence-electron chi connectivity index (χ0n) is 25.5. The van der Waals surface area contributed by atoms with Crippen molar-refractivity contribution < 1.29 is 125 Å². The van der Waals surface area contributed by atoms with E-state index in [1.807, 2.05) is 0 Å². The fourth-order valence-corrected chi connectivity index (χ4v) is 17.1. The van der Waals surface area contributed by atoms with Gasteiger partial charge in [-0.3, -0.25) is 46.3 Å². The molecule has 0 aliphatic rings. The summed E-state index contributed by atoms with van der Waals surface area (Å²) in [5, 5.41) is 10.2. The largest absolute Gasteiger partial charge is 0.393 e. The van der Waals surface area contributed by atoms with Gasteiger partial charge in [0.1, 0.15) is 0 Å². The van der Waals surface area contributed by atoms with E-state index in [2.05, 4.69) is 0 Å². The number of aliphatic hydroxyl groups excluding tert-OH is 1. The van der Waals surface area contributed by atoms with E-state index in [1.165, 1.54) is 0 Å². The van der Waals surface area contributed by atoms with Crippen LogP contribution in [0.4, 0.5) is 0 Å². The summed E-state index contributed by atoms with van der Waals surface area (Å²) in [6, 6.07) is 0.